The fourth-order valence-corrected chi connectivity index (χ4v) is 3.49. The lowest BCUT2D eigenvalue weighted by molar-refractivity contribution is -0.132. The van der Waals surface area contributed by atoms with Gasteiger partial charge < -0.3 is 15.0 Å². The van der Waals surface area contributed by atoms with Gasteiger partial charge in [0, 0.05) is 37.4 Å². The number of rotatable bonds is 7. The van der Waals surface area contributed by atoms with Crippen LogP contribution in [0.2, 0.25) is 0 Å². The average Bonchev–Trinajstić information content (AvgIpc) is 3.16. The maximum absolute atomic E-state index is 12.6. The van der Waals surface area contributed by atoms with Crippen molar-refractivity contribution in [1.29, 1.82) is 0 Å². The number of thiophene rings is 1. The molecule has 1 fully saturated rings. The third kappa shape index (κ3) is 4.81. The minimum absolute atomic E-state index is 0.0848. The third-order valence-electron chi connectivity index (χ3n) is 3.88. The summed E-state index contributed by atoms with van der Waals surface area (Å²) in [6.45, 7) is 6.44. The molecule has 0 spiro atoms. The van der Waals surface area contributed by atoms with Gasteiger partial charge in [0.25, 0.3) is 0 Å². The van der Waals surface area contributed by atoms with Crippen LogP contribution in [0.5, 0.6) is 0 Å². The molecule has 1 aliphatic rings. The number of hydrogen-bond acceptors (Lipinski definition) is 4. The Labute approximate surface area is 135 Å². The summed E-state index contributed by atoms with van der Waals surface area (Å²) in [5.41, 5.74) is 0. The van der Waals surface area contributed by atoms with Crippen LogP contribution in [0.15, 0.2) is 17.5 Å². The Hall–Kier alpha value is -1.40. The Kier molecular flexibility index (Phi) is 6.39. The smallest absolute Gasteiger partial charge is 0.225 e. The predicted octanol–water partition coefficient (Wildman–Crippen LogP) is 2.20. The van der Waals surface area contributed by atoms with Crippen LogP contribution >= 0.6 is 11.3 Å². The molecule has 2 heterocycles. The van der Waals surface area contributed by atoms with Gasteiger partial charge in [-0.25, -0.2) is 0 Å². The minimum atomic E-state index is -0.237. The quantitative estimate of drug-likeness (QED) is 0.836. The van der Waals surface area contributed by atoms with E-state index in [4.69, 9.17) is 4.74 Å². The van der Waals surface area contributed by atoms with Crippen LogP contribution in [-0.2, 0) is 14.3 Å². The number of carbonyl (C=O) groups is 2. The van der Waals surface area contributed by atoms with Gasteiger partial charge >= 0.3 is 0 Å². The van der Waals surface area contributed by atoms with Crippen LogP contribution in [0.3, 0.4) is 0 Å². The van der Waals surface area contributed by atoms with Crippen molar-refractivity contribution in [2.24, 2.45) is 5.92 Å². The summed E-state index contributed by atoms with van der Waals surface area (Å²) in [5, 5.41) is 4.85. The highest BCUT2D eigenvalue weighted by molar-refractivity contribution is 7.10. The van der Waals surface area contributed by atoms with E-state index in [9.17, 15) is 9.59 Å². The number of ether oxygens (including phenoxy) is 1. The summed E-state index contributed by atoms with van der Waals surface area (Å²) >= 11 is 1.56. The van der Waals surface area contributed by atoms with Gasteiger partial charge in [0.05, 0.1) is 19.1 Å². The number of nitrogens with zero attached hydrogens (tertiary/aromatic N) is 1. The van der Waals surface area contributed by atoms with E-state index in [2.05, 4.69) is 5.32 Å². The van der Waals surface area contributed by atoms with Gasteiger partial charge in [-0.15, -0.1) is 11.3 Å². The van der Waals surface area contributed by atoms with Gasteiger partial charge in [0.15, 0.2) is 0 Å². The Morgan fingerprint density at radius 1 is 1.55 bits per heavy atom. The van der Waals surface area contributed by atoms with E-state index in [-0.39, 0.29) is 17.9 Å². The second kappa shape index (κ2) is 8.29. The molecule has 2 unspecified atom stereocenters. The van der Waals surface area contributed by atoms with E-state index in [0.717, 1.165) is 31.1 Å². The lowest BCUT2D eigenvalue weighted by atomic mass is 10.1. The van der Waals surface area contributed by atoms with Crippen LogP contribution in [0.4, 0.5) is 0 Å². The van der Waals surface area contributed by atoms with E-state index in [1.54, 1.807) is 11.3 Å². The molecule has 1 aromatic heterocycles. The van der Waals surface area contributed by atoms with E-state index < -0.39 is 0 Å². The second-order valence-electron chi connectivity index (χ2n) is 5.63. The molecule has 22 heavy (non-hydrogen) atoms. The van der Waals surface area contributed by atoms with Gasteiger partial charge in [-0.05, 0) is 24.8 Å². The molecule has 0 aliphatic carbocycles. The normalized spacial score (nSPS) is 18.9. The van der Waals surface area contributed by atoms with Crippen LogP contribution in [0.1, 0.15) is 37.6 Å². The van der Waals surface area contributed by atoms with Crippen LogP contribution < -0.4 is 5.32 Å². The molecule has 0 bridgehead atoms. The van der Waals surface area contributed by atoms with Crippen molar-refractivity contribution in [3.8, 4) is 0 Å². The zero-order valence-corrected chi connectivity index (χ0v) is 14.0. The number of amides is 2. The molecule has 0 saturated carbocycles. The van der Waals surface area contributed by atoms with E-state index in [0.29, 0.717) is 18.9 Å². The Morgan fingerprint density at radius 3 is 2.91 bits per heavy atom. The standard InChI is InChI=1S/C16H24N2O3S/c1-3-18(10-13-6-7-21-11-13)16(20)9-14(17-12(2)19)15-5-4-8-22-15/h4-5,8,13-14H,3,6-7,9-11H2,1-2H3,(H,17,19). The molecule has 0 radical (unpaired) electrons. The highest BCUT2D eigenvalue weighted by Crippen LogP contribution is 2.23. The molecule has 122 valence electrons. The maximum Gasteiger partial charge on any atom is 0.225 e. The van der Waals surface area contributed by atoms with E-state index in [1.807, 2.05) is 29.3 Å². The molecule has 1 saturated heterocycles. The second-order valence-corrected chi connectivity index (χ2v) is 6.61. The minimum Gasteiger partial charge on any atom is -0.381 e. The van der Waals surface area contributed by atoms with Crippen molar-refractivity contribution in [1.82, 2.24) is 10.2 Å². The van der Waals surface area contributed by atoms with Crippen molar-refractivity contribution >= 4 is 23.2 Å². The third-order valence-corrected chi connectivity index (χ3v) is 4.87. The first-order valence-electron chi connectivity index (χ1n) is 7.76. The molecule has 0 aromatic carbocycles. The Bertz CT molecular complexity index is 484. The van der Waals surface area contributed by atoms with Crippen molar-refractivity contribution in [3.05, 3.63) is 22.4 Å². The topological polar surface area (TPSA) is 58.6 Å². The summed E-state index contributed by atoms with van der Waals surface area (Å²) in [6.07, 6.45) is 1.32. The highest BCUT2D eigenvalue weighted by atomic mass is 32.1. The lowest BCUT2D eigenvalue weighted by Gasteiger charge is -2.26. The zero-order chi connectivity index (χ0) is 15.9. The van der Waals surface area contributed by atoms with Gasteiger partial charge in [-0.3, -0.25) is 9.59 Å². The maximum atomic E-state index is 12.6. The van der Waals surface area contributed by atoms with Crippen molar-refractivity contribution in [2.75, 3.05) is 26.3 Å². The average molecular weight is 324 g/mol. The molecule has 1 aliphatic heterocycles. The monoisotopic (exact) mass is 324 g/mol. The Balaban J connectivity index is 1.97. The summed E-state index contributed by atoms with van der Waals surface area (Å²) in [4.78, 5) is 26.9. The molecule has 2 amide bonds. The predicted molar refractivity (Wildman–Crippen MR) is 86.7 cm³/mol. The van der Waals surface area contributed by atoms with Crippen molar-refractivity contribution in [2.45, 2.75) is 32.7 Å². The van der Waals surface area contributed by atoms with E-state index in [1.165, 1.54) is 6.92 Å². The SMILES string of the molecule is CCN(CC1CCOC1)C(=O)CC(NC(C)=O)c1cccs1. The van der Waals surface area contributed by atoms with Crippen LogP contribution in [0, 0.1) is 5.92 Å². The van der Waals surface area contributed by atoms with Gasteiger partial charge in [-0.2, -0.15) is 0 Å². The number of carbonyl (C=O) groups excluding carboxylic acids is 2. The molecular formula is C16H24N2O3S. The first-order valence-corrected chi connectivity index (χ1v) is 8.64. The van der Waals surface area contributed by atoms with Crippen molar-refractivity contribution in [3.63, 3.8) is 0 Å². The molecule has 5 nitrogen and oxygen atoms in total. The molecule has 1 N–H and O–H groups in total. The summed E-state index contributed by atoms with van der Waals surface area (Å²) in [5.74, 6) is 0.407. The molecule has 2 rings (SSSR count). The van der Waals surface area contributed by atoms with Gasteiger partial charge in [-0.1, -0.05) is 6.07 Å². The largest absolute Gasteiger partial charge is 0.381 e. The van der Waals surface area contributed by atoms with Crippen molar-refractivity contribution < 1.29 is 14.3 Å². The summed E-state index contributed by atoms with van der Waals surface area (Å²) in [6, 6.07) is 3.66. The van der Waals surface area contributed by atoms with Gasteiger partial charge in [0.2, 0.25) is 11.8 Å². The molecule has 6 heteroatoms. The van der Waals surface area contributed by atoms with Crippen LogP contribution in [-0.4, -0.2) is 43.0 Å². The molecular weight excluding hydrogens is 300 g/mol. The van der Waals surface area contributed by atoms with E-state index >= 15 is 0 Å². The summed E-state index contributed by atoms with van der Waals surface area (Å²) in [7, 11) is 0. The first kappa shape index (κ1) is 17.0. The molecule has 2 atom stereocenters. The van der Waals surface area contributed by atoms with Gasteiger partial charge in [0.1, 0.15) is 0 Å². The first-order chi connectivity index (χ1) is 10.6. The highest BCUT2D eigenvalue weighted by Gasteiger charge is 2.25. The number of nitrogens with one attached hydrogen (secondary N) is 1. The fraction of sp³-hybridized carbons (Fsp3) is 0.625. The summed E-state index contributed by atoms with van der Waals surface area (Å²) < 4.78 is 5.38. The molecule has 1 aromatic rings. The lowest BCUT2D eigenvalue weighted by Crippen LogP contribution is -2.38. The fourth-order valence-electron chi connectivity index (χ4n) is 2.71. The Morgan fingerprint density at radius 2 is 2.36 bits per heavy atom. The van der Waals surface area contributed by atoms with Crippen LogP contribution in [0.25, 0.3) is 0 Å². The zero-order valence-electron chi connectivity index (χ0n) is 13.2. The number of hydrogen-bond donors (Lipinski definition) is 1.